The number of benzene rings is 1. The highest BCUT2D eigenvalue weighted by Crippen LogP contribution is 2.13. The molecule has 2 amide bonds. The van der Waals surface area contributed by atoms with Gasteiger partial charge in [-0.3, -0.25) is 4.79 Å². The third-order valence-electron chi connectivity index (χ3n) is 2.84. The van der Waals surface area contributed by atoms with E-state index in [2.05, 4.69) is 15.8 Å². The molecule has 0 unspecified atom stereocenters. The van der Waals surface area contributed by atoms with E-state index in [1.807, 2.05) is 0 Å². The zero-order valence-electron chi connectivity index (χ0n) is 10.8. The highest BCUT2D eigenvalue weighted by Gasteiger charge is 2.14. The van der Waals surface area contributed by atoms with Crippen molar-refractivity contribution in [3.05, 3.63) is 54.0 Å². The number of amides is 2. The Kier molecular flexibility index (Phi) is 3.38. The molecule has 106 valence electrons. The van der Waals surface area contributed by atoms with Crippen LogP contribution in [0.2, 0.25) is 0 Å². The monoisotopic (exact) mass is 285 g/mol. The van der Waals surface area contributed by atoms with Crippen molar-refractivity contribution in [1.82, 2.24) is 5.43 Å². The molecule has 3 rings (SSSR count). The van der Waals surface area contributed by atoms with Crippen molar-refractivity contribution >= 4 is 23.4 Å². The van der Waals surface area contributed by atoms with Gasteiger partial charge in [0.2, 0.25) is 0 Å². The van der Waals surface area contributed by atoms with Crippen LogP contribution in [0.25, 0.3) is 0 Å². The topological polar surface area (TPSA) is 92.9 Å². The van der Waals surface area contributed by atoms with Gasteiger partial charge in [0, 0.05) is 11.3 Å². The number of cyclic esters (lactones) is 1. The Labute approximate surface area is 119 Å². The number of ether oxygens (including phenoxy) is 1. The average Bonchev–Trinajstić information content (AvgIpc) is 3.03. The molecule has 0 fully saturated rings. The van der Waals surface area contributed by atoms with Crippen LogP contribution in [-0.4, -0.2) is 24.3 Å². The summed E-state index contributed by atoms with van der Waals surface area (Å²) >= 11 is 0. The summed E-state index contributed by atoms with van der Waals surface area (Å²) in [6.45, 7) is 0.115. The number of carbonyl (C=O) groups is 2. The van der Waals surface area contributed by atoms with Crippen LogP contribution >= 0.6 is 0 Å². The number of carbonyl (C=O) groups excluding carboxylic acids is 2. The van der Waals surface area contributed by atoms with E-state index < -0.39 is 6.09 Å². The first kappa shape index (κ1) is 12.9. The van der Waals surface area contributed by atoms with Crippen LogP contribution in [0.1, 0.15) is 16.1 Å². The summed E-state index contributed by atoms with van der Waals surface area (Å²) in [4.78, 5) is 22.6. The fourth-order valence-electron chi connectivity index (χ4n) is 1.81. The second kappa shape index (κ2) is 5.49. The molecule has 2 aromatic rings. The Morgan fingerprint density at radius 2 is 2.05 bits per heavy atom. The van der Waals surface area contributed by atoms with Gasteiger partial charge in [0.25, 0.3) is 5.91 Å². The molecule has 1 aromatic carbocycles. The fourth-order valence-corrected chi connectivity index (χ4v) is 1.81. The molecule has 0 atom stereocenters. The maximum atomic E-state index is 11.8. The highest BCUT2D eigenvalue weighted by atomic mass is 16.6. The van der Waals surface area contributed by atoms with Gasteiger partial charge in [-0.25, -0.2) is 10.2 Å². The predicted molar refractivity (Wildman–Crippen MR) is 74.1 cm³/mol. The normalized spacial score (nSPS) is 13.9. The van der Waals surface area contributed by atoms with Gasteiger partial charge < -0.3 is 14.5 Å². The molecule has 0 radical (unpaired) electrons. The van der Waals surface area contributed by atoms with Crippen LogP contribution in [0.5, 0.6) is 0 Å². The third-order valence-corrected chi connectivity index (χ3v) is 2.84. The molecule has 0 saturated heterocycles. The summed E-state index contributed by atoms with van der Waals surface area (Å²) in [5.41, 5.74) is 4.27. The Hall–Kier alpha value is -3.09. The summed E-state index contributed by atoms with van der Waals surface area (Å²) in [6, 6.07) is 10.2. The van der Waals surface area contributed by atoms with Gasteiger partial charge in [0.1, 0.15) is 12.3 Å². The molecule has 0 bridgehead atoms. The average molecular weight is 285 g/mol. The molecule has 7 nitrogen and oxygen atoms in total. The van der Waals surface area contributed by atoms with Gasteiger partial charge in [-0.1, -0.05) is 12.1 Å². The largest absolute Gasteiger partial charge is 0.459 e. The van der Waals surface area contributed by atoms with Crippen molar-refractivity contribution in [3.63, 3.8) is 0 Å². The molecule has 0 spiro atoms. The lowest BCUT2D eigenvalue weighted by atomic mass is 10.1. The summed E-state index contributed by atoms with van der Waals surface area (Å²) in [5.74, 6) is -0.0785. The maximum absolute atomic E-state index is 11.8. The van der Waals surface area contributed by atoms with E-state index in [-0.39, 0.29) is 18.3 Å². The SMILES string of the molecule is O=C1NN=C(c2ccc(NC(=O)c3ccco3)cc2)CO1. The smallest absolute Gasteiger partial charge is 0.428 e. The predicted octanol–water partition coefficient (Wildman–Crippen LogP) is 1.98. The van der Waals surface area contributed by atoms with Crippen molar-refractivity contribution in [3.8, 4) is 0 Å². The molecule has 1 aromatic heterocycles. The minimum atomic E-state index is -0.568. The van der Waals surface area contributed by atoms with Gasteiger partial charge in [-0.05, 0) is 24.3 Å². The summed E-state index contributed by atoms with van der Waals surface area (Å²) in [6.07, 6.45) is 0.870. The van der Waals surface area contributed by atoms with Crippen molar-refractivity contribution < 1.29 is 18.7 Å². The Bertz CT molecular complexity index is 690. The van der Waals surface area contributed by atoms with E-state index >= 15 is 0 Å². The fraction of sp³-hybridized carbons (Fsp3) is 0.0714. The number of hydrogen-bond acceptors (Lipinski definition) is 5. The maximum Gasteiger partial charge on any atom is 0.428 e. The number of nitrogens with zero attached hydrogens (tertiary/aromatic N) is 1. The van der Waals surface area contributed by atoms with E-state index in [0.29, 0.717) is 11.4 Å². The van der Waals surface area contributed by atoms with E-state index in [1.165, 1.54) is 6.26 Å². The van der Waals surface area contributed by atoms with Crippen LogP contribution in [0.3, 0.4) is 0 Å². The van der Waals surface area contributed by atoms with Gasteiger partial charge in [-0.15, -0.1) is 0 Å². The first-order valence-electron chi connectivity index (χ1n) is 6.17. The second-order valence-corrected chi connectivity index (χ2v) is 4.26. The number of hydrogen-bond donors (Lipinski definition) is 2. The van der Waals surface area contributed by atoms with E-state index in [9.17, 15) is 9.59 Å². The van der Waals surface area contributed by atoms with Crippen molar-refractivity contribution in [2.75, 3.05) is 11.9 Å². The van der Waals surface area contributed by atoms with Gasteiger partial charge >= 0.3 is 6.09 Å². The molecule has 1 aliphatic rings. The third kappa shape index (κ3) is 2.92. The Morgan fingerprint density at radius 3 is 2.67 bits per heavy atom. The number of hydrazone groups is 1. The molecule has 21 heavy (non-hydrogen) atoms. The number of anilines is 1. The van der Waals surface area contributed by atoms with E-state index in [4.69, 9.17) is 9.15 Å². The highest BCUT2D eigenvalue weighted by molar-refractivity contribution is 6.05. The molecular weight excluding hydrogens is 274 g/mol. The minimum Gasteiger partial charge on any atom is -0.459 e. The Balaban J connectivity index is 1.70. The quantitative estimate of drug-likeness (QED) is 0.901. The summed E-state index contributed by atoms with van der Waals surface area (Å²) < 4.78 is 9.83. The Morgan fingerprint density at radius 1 is 1.24 bits per heavy atom. The van der Waals surface area contributed by atoms with Crippen LogP contribution in [0, 0.1) is 0 Å². The number of furan rings is 1. The van der Waals surface area contributed by atoms with Crippen molar-refractivity contribution in [1.29, 1.82) is 0 Å². The zero-order valence-corrected chi connectivity index (χ0v) is 10.8. The lowest BCUT2D eigenvalue weighted by Crippen LogP contribution is -2.30. The number of nitrogens with one attached hydrogen (secondary N) is 2. The molecule has 2 N–H and O–H groups in total. The molecule has 2 heterocycles. The van der Waals surface area contributed by atoms with Crippen LogP contribution < -0.4 is 10.7 Å². The standard InChI is InChI=1S/C14H11N3O4/c18-13(12-2-1-7-20-12)15-10-5-3-9(4-6-10)11-8-21-14(19)17-16-11/h1-7H,8H2,(H,15,18)(H,17,19). The first-order chi connectivity index (χ1) is 10.2. The van der Waals surface area contributed by atoms with Gasteiger partial charge in [-0.2, -0.15) is 5.10 Å². The van der Waals surface area contributed by atoms with Crippen molar-refractivity contribution in [2.45, 2.75) is 0 Å². The van der Waals surface area contributed by atoms with Crippen molar-refractivity contribution in [2.24, 2.45) is 5.10 Å². The molecular formula is C14H11N3O4. The lowest BCUT2D eigenvalue weighted by Gasteiger charge is -2.13. The minimum absolute atomic E-state index is 0.115. The second-order valence-electron chi connectivity index (χ2n) is 4.26. The summed E-state index contributed by atoms with van der Waals surface area (Å²) in [5, 5.41) is 6.61. The van der Waals surface area contributed by atoms with Crippen LogP contribution in [0.4, 0.5) is 10.5 Å². The van der Waals surface area contributed by atoms with Crippen LogP contribution in [-0.2, 0) is 4.74 Å². The molecule has 0 aliphatic carbocycles. The van der Waals surface area contributed by atoms with Crippen LogP contribution in [0.15, 0.2) is 52.2 Å². The zero-order chi connectivity index (χ0) is 14.7. The molecule has 1 aliphatic heterocycles. The van der Waals surface area contributed by atoms with E-state index in [0.717, 1.165) is 5.56 Å². The number of rotatable bonds is 3. The van der Waals surface area contributed by atoms with Gasteiger partial charge in [0.15, 0.2) is 5.76 Å². The molecule has 7 heteroatoms. The molecule has 0 saturated carbocycles. The first-order valence-corrected chi connectivity index (χ1v) is 6.17. The summed E-state index contributed by atoms with van der Waals surface area (Å²) in [7, 11) is 0. The lowest BCUT2D eigenvalue weighted by molar-refractivity contribution is 0.0996. The van der Waals surface area contributed by atoms with Gasteiger partial charge in [0.05, 0.1) is 6.26 Å². The van der Waals surface area contributed by atoms with E-state index in [1.54, 1.807) is 36.4 Å².